The predicted octanol–water partition coefficient (Wildman–Crippen LogP) is 2.78. The topological polar surface area (TPSA) is 47.0 Å². The number of ether oxygens (including phenoxy) is 1. The van der Waals surface area contributed by atoms with Crippen LogP contribution < -0.4 is 10.1 Å². The van der Waals surface area contributed by atoms with E-state index in [1.54, 1.807) is 7.11 Å². The molecule has 4 nitrogen and oxygen atoms in total. The number of methoxy groups -OCH3 is 1. The van der Waals surface area contributed by atoms with Gasteiger partial charge in [0.05, 0.1) is 12.7 Å². The van der Waals surface area contributed by atoms with Gasteiger partial charge >= 0.3 is 0 Å². The van der Waals surface area contributed by atoms with Crippen LogP contribution >= 0.6 is 0 Å². The highest BCUT2D eigenvalue weighted by Crippen LogP contribution is 2.20. The Kier molecular flexibility index (Phi) is 5.02. The second-order valence-corrected chi connectivity index (χ2v) is 4.04. The minimum absolute atomic E-state index is 0.429. The molecule has 1 N–H and O–H groups in total. The van der Waals surface area contributed by atoms with Crippen LogP contribution in [0.1, 0.15) is 38.7 Å². The first-order chi connectivity index (χ1) is 7.69. The highest BCUT2D eigenvalue weighted by Gasteiger charge is 2.09. The van der Waals surface area contributed by atoms with Gasteiger partial charge in [-0.1, -0.05) is 19.8 Å². The average molecular weight is 223 g/mol. The first-order valence-corrected chi connectivity index (χ1v) is 5.81. The summed E-state index contributed by atoms with van der Waals surface area (Å²) in [6, 6.07) is 0.429. The highest BCUT2D eigenvalue weighted by molar-refractivity contribution is 5.48. The zero-order valence-corrected chi connectivity index (χ0v) is 10.6. The maximum atomic E-state index is 5.16. The van der Waals surface area contributed by atoms with Gasteiger partial charge in [-0.05, 0) is 20.3 Å². The molecule has 0 fully saturated rings. The normalized spacial score (nSPS) is 12.2. The molecule has 1 atom stereocenters. The summed E-state index contributed by atoms with van der Waals surface area (Å²) in [7, 11) is 1.62. The fourth-order valence-electron chi connectivity index (χ4n) is 1.60. The fraction of sp³-hybridized carbons (Fsp3) is 0.667. The van der Waals surface area contributed by atoms with Crippen molar-refractivity contribution in [3.63, 3.8) is 0 Å². The Bertz CT molecular complexity index is 328. The van der Waals surface area contributed by atoms with E-state index in [9.17, 15) is 0 Å². The van der Waals surface area contributed by atoms with Crippen LogP contribution in [0.15, 0.2) is 6.33 Å². The smallest absolute Gasteiger partial charge is 0.221 e. The molecule has 1 aromatic rings. The molecular formula is C12H21N3O. The molecule has 1 unspecified atom stereocenters. The van der Waals surface area contributed by atoms with E-state index in [4.69, 9.17) is 4.74 Å². The second-order valence-electron chi connectivity index (χ2n) is 4.04. The van der Waals surface area contributed by atoms with E-state index in [1.807, 2.05) is 6.92 Å². The molecule has 1 rings (SSSR count). The van der Waals surface area contributed by atoms with Crippen molar-refractivity contribution < 1.29 is 4.74 Å². The van der Waals surface area contributed by atoms with Gasteiger partial charge in [-0.2, -0.15) is 0 Å². The summed E-state index contributed by atoms with van der Waals surface area (Å²) in [5.41, 5.74) is 0.966. The van der Waals surface area contributed by atoms with Gasteiger partial charge in [-0.3, -0.25) is 0 Å². The molecule has 90 valence electrons. The molecule has 0 saturated heterocycles. The molecule has 0 aromatic carbocycles. The van der Waals surface area contributed by atoms with Gasteiger partial charge in [0.25, 0.3) is 0 Å². The van der Waals surface area contributed by atoms with Crippen molar-refractivity contribution >= 4 is 5.82 Å². The average Bonchev–Trinajstić information content (AvgIpc) is 2.29. The van der Waals surface area contributed by atoms with Crippen LogP contribution in [0.2, 0.25) is 0 Å². The molecule has 0 radical (unpaired) electrons. The number of hydrogen-bond donors (Lipinski definition) is 1. The van der Waals surface area contributed by atoms with Crippen LogP contribution in [0.3, 0.4) is 0 Å². The number of hydrogen-bond acceptors (Lipinski definition) is 4. The summed E-state index contributed by atoms with van der Waals surface area (Å²) in [4.78, 5) is 8.29. The first-order valence-electron chi connectivity index (χ1n) is 5.81. The third-order valence-corrected chi connectivity index (χ3v) is 2.60. The van der Waals surface area contributed by atoms with Crippen molar-refractivity contribution in [2.45, 2.75) is 46.1 Å². The Hall–Kier alpha value is -1.32. The van der Waals surface area contributed by atoms with Crippen molar-refractivity contribution in [3.8, 4) is 5.88 Å². The summed E-state index contributed by atoms with van der Waals surface area (Å²) >= 11 is 0. The summed E-state index contributed by atoms with van der Waals surface area (Å²) in [6.45, 7) is 6.34. The second kappa shape index (κ2) is 6.30. The number of nitrogens with zero attached hydrogens (tertiary/aromatic N) is 2. The number of unbranched alkanes of at least 4 members (excludes halogenated alkanes) is 1. The van der Waals surface area contributed by atoms with E-state index in [0.29, 0.717) is 11.9 Å². The summed E-state index contributed by atoms with van der Waals surface area (Å²) in [6.07, 6.45) is 5.14. The SMILES string of the molecule is CCCCC(C)Nc1ncnc(OC)c1C. The van der Waals surface area contributed by atoms with Gasteiger partial charge in [0, 0.05) is 6.04 Å². The van der Waals surface area contributed by atoms with E-state index in [0.717, 1.165) is 17.8 Å². The maximum absolute atomic E-state index is 5.16. The van der Waals surface area contributed by atoms with E-state index >= 15 is 0 Å². The lowest BCUT2D eigenvalue weighted by molar-refractivity contribution is 0.393. The lowest BCUT2D eigenvalue weighted by Gasteiger charge is -2.16. The molecule has 0 bridgehead atoms. The zero-order valence-electron chi connectivity index (χ0n) is 10.6. The predicted molar refractivity (Wildman–Crippen MR) is 65.9 cm³/mol. The highest BCUT2D eigenvalue weighted by atomic mass is 16.5. The van der Waals surface area contributed by atoms with Crippen molar-refractivity contribution in [1.82, 2.24) is 9.97 Å². The van der Waals surface area contributed by atoms with Gasteiger partial charge in [-0.25, -0.2) is 9.97 Å². The number of nitrogens with one attached hydrogen (secondary N) is 1. The van der Waals surface area contributed by atoms with Crippen LogP contribution in [0.5, 0.6) is 5.88 Å². The Balaban J connectivity index is 2.66. The van der Waals surface area contributed by atoms with Crippen LogP contribution in [-0.4, -0.2) is 23.1 Å². The standard InChI is InChI=1S/C12H21N3O/c1-5-6-7-9(2)15-11-10(3)12(16-4)14-8-13-11/h8-9H,5-7H2,1-4H3,(H,13,14,15). The summed E-state index contributed by atoms with van der Waals surface area (Å²) < 4.78 is 5.16. The van der Waals surface area contributed by atoms with E-state index < -0.39 is 0 Å². The van der Waals surface area contributed by atoms with Crippen molar-refractivity contribution in [2.75, 3.05) is 12.4 Å². The van der Waals surface area contributed by atoms with Gasteiger partial charge < -0.3 is 10.1 Å². The minimum atomic E-state index is 0.429. The number of anilines is 1. The van der Waals surface area contributed by atoms with E-state index in [2.05, 4.69) is 29.1 Å². The van der Waals surface area contributed by atoms with E-state index in [1.165, 1.54) is 19.2 Å². The van der Waals surface area contributed by atoms with Gasteiger partial charge in [0.15, 0.2) is 0 Å². The zero-order chi connectivity index (χ0) is 12.0. The Morgan fingerprint density at radius 2 is 2.19 bits per heavy atom. The molecule has 4 heteroatoms. The molecular weight excluding hydrogens is 202 g/mol. The van der Waals surface area contributed by atoms with Crippen LogP contribution in [0.25, 0.3) is 0 Å². The summed E-state index contributed by atoms with van der Waals surface area (Å²) in [5, 5.41) is 3.39. The number of aromatic nitrogens is 2. The van der Waals surface area contributed by atoms with Crippen molar-refractivity contribution in [3.05, 3.63) is 11.9 Å². The maximum Gasteiger partial charge on any atom is 0.221 e. The lowest BCUT2D eigenvalue weighted by Crippen LogP contribution is -2.17. The lowest BCUT2D eigenvalue weighted by atomic mass is 10.1. The van der Waals surface area contributed by atoms with Crippen LogP contribution in [0.4, 0.5) is 5.82 Å². The van der Waals surface area contributed by atoms with Crippen LogP contribution in [-0.2, 0) is 0 Å². The number of rotatable bonds is 6. The largest absolute Gasteiger partial charge is 0.481 e. The quantitative estimate of drug-likeness (QED) is 0.805. The third-order valence-electron chi connectivity index (χ3n) is 2.60. The molecule has 0 aliphatic rings. The Morgan fingerprint density at radius 3 is 2.81 bits per heavy atom. The summed E-state index contributed by atoms with van der Waals surface area (Å²) in [5.74, 6) is 1.51. The fourth-order valence-corrected chi connectivity index (χ4v) is 1.60. The van der Waals surface area contributed by atoms with Crippen molar-refractivity contribution in [2.24, 2.45) is 0 Å². The molecule has 0 amide bonds. The molecule has 1 aromatic heterocycles. The molecule has 0 aliphatic carbocycles. The first kappa shape index (κ1) is 12.7. The molecule has 0 aliphatic heterocycles. The molecule has 0 saturated carbocycles. The molecule has 0 spiro atoms. The van der Waals surface area contributed by atoms with E-state index in [-0.39, 0.29) is 0 Å². The van der Waals surface area contributed by atoms with Gasteiger partial charge in [-0.15, -0.1) is 0 Å². The molecule has 16 heavy (non-hydrogen) atoms. The van der Waals surface area contributed by atoms with Gasteiger partial charge in [0.2, 0.25) is 5.88 Å². The molecule has 1 heterocycles. The third kappa shape index (κ3) is 3.36. The Morgan fingerprint density at radius 1 is 1.44 bits per heavy atom. The minimum Gasteiger partial charge on any atom is -0.481 e. The van der Waals surface area contributed by atoms with Crippen LogP contribution in [0, 0.1) is 6.92 Å². The van der Waals surface area contributed by atoms with Gasteiger partial charge in [0.1, 0.15) is 12.1 Å². The van der Waals surface area contributed by atoms with Crippen molar-refractivity contribution in [1.29, 1.82) is 0 Å². The Labute approximate surface area is 97.5 Å². The monoisotopic (exact) mass is 223 g/mol.